The number of aliphatic hydroxyl groups is 1. The molecule has 0 aliphatic carbocycles. The number of para-hydroxylation sites is 1. The Kier molecular flexibility index (Phi) is 5.22. The molecule has 0 radical (unpaired) electrons. The van der Waals surface area contributed by atoms with Crippen molar-refractivity contribution in [1.29, 1.82) is 0 Å². The molecule has 0 spiro atoms. The highest BCUT2D eigenvalue weighted by molar-refractivity contribution is 7.92. The number of alkyl halides is 1. The molecular formula is C18H21ClN2O3S. The second-order valence-electron chi connectivity index (χ2n) is 6.20. The van der Waals surface area contributed by atoms with Gasteiger partial charge in [-0.3, -0.25) is 4.31 Å². The van der Waals surface area contributed by atoms with Crippen LogP contribution in [-0.2, 0) is 16.4 Å². The molecule has 2 aromatic rings. The first kappa shape index (κ1) is 18.0. The van der Waals surface area contributed by atoms with Crippen LogP contribution in [0.3, 0.4) is 0 Å². The first-order valence-electron chi connectivity index (χ1n) is 8.14. The number of rotatable bonds is 6. The summed E-state index contributed by atoms with van der Waals surface area (Å²) in [5.74, 6) is 0.145. The van der Waals surface area contributed by atoms with Crippen molar-refractivity contribution >= 4 is 33.0 Å². The Bertz CT molecular complexity index is 840. The summed E-state index contributed by atoms with van der Waals surface area (Å²) >= 11 is 5.56. The van der Waals surface area contributed by atoms with Crippen LogP contribution in [0.5, 0.6) is 0 Å². The van der Waals surface area contributed by atoms with Gasteiger partial charge in [-0.05, 0) is 49.2 Å². The number of aliphatic hydroxyl groups excluding tert-OH is 1. The van der Waals surface area contributed by atoms with Gasteiger partial charge in [0.25, 0.3) is 10.0 Å². The van der Waals surface area contributed by atoms with E-state index in [4.69, 9.17) is 11.6 Å². The Hall–Kier alpha value is -1.76. The topological polar surface area (TPSA) is 69.6 Å². The van der Waals surface area contributed by atoms with E-state index in [2.05, 4.69) is 5.32 Å². The van der Waals surface area contributed by atoms with Gasteiger partial charge in [0.15, 0.2) is 0 Å². The molecule has 0 amide bonds. The number of nitrogens with one attached hydrogen (secondary N) is 1. The van der Waals surface area contributed by atoms with Crippen molar-refractivity contribution in [3.05, 3.63) is 54.1 Å². The van der Waals surface area contributed by atoms with Gasteiger partial charge in [0, 0.05) is 18.3 Å². The predicted molar refractivity (Wildman–Crippen MR) is 101 cm³/mol. The highest BCUT2D eigenvalue weighted by Gasteiger charge is 2.35. The third-order valence-electron chi connectivity index (χ3n) is 4.28. The number of hydrogen-bond acceptors (Lipinski definition) is 4. The van der Waals surface area contributed by atoms with Gasteiger partial charge in [0.05, 0.1) is 22.6 Å². The number of hydrogen-bond donors (Lipinski definition) is 2. The molecule has 2 N–H and O–H groups in total. The number of fused-ring (bicyclic) bond motifs is 1. The van der Waals surface area contributed by atoms with Gasteiger partial charge in [-0.25, -0.2) is 8.42 Å². The molecule has 0 saturated carbocycles. The standard InChI is InChI=1S/C18H21ClN2O3S/c1-13-10-14-4-2-3-5-18(14)21(13)25(23,24)17-8-6-15(7-9-17)20-12-16(22)11-19/h2-9,13,16,20,22H,10-12H2,1H3. The molecular weight excluding hydrogens is 360 g/mol. The average molecular weight is 381 g/mol. The molecule has 0 saturated heterocycles. The molecule has 3 rings (SSSR count). The summed E-state index contributed by atoms with van der Waals surface area (Å²) in [4.78, 5) is 0.250. The first-order chi connectivity index (χ1) is 11.9. The molecule has 25 heavy (non-hydrogen) atoms. The summed E-state index contributed by atoms with van der Waals surface area (Å²) in [7, 11) is -3.62. The molecule has 2 aromatic carbocycles. The fourth-order valence-electron chi connectivity index (χ4n) is 3.05. The monoisotopic (exact) mass is 380 g/mol. The summed E-state index contributed by atoms with van der Waals surface area (Å²) in [6.45, 7) is 2.23. The summed E-state index contributed by atoms with van der Waals surface area (Å²) < 4.78 is 27.7. The van der Waals surface area contributed by atoms with E-state index in [-0.39, 0.29) is 16.8 Å². The lowest BCUT2D eigenvalue weighted by Crippen LogP contribution is -2.35. The number of halogens is 1. The minimum absolute atomic E-state index is 0.112. The van der Waals surface area contributed by atoms with Crippen molar-refractivity contribution < 1.29 is 13.5 Å². The number of benzene rings is 2. The van der Waals surface area contributed by atoms with Crippen LogP contribution in [-0.4, -0.2) is 38.1 Å². The fourth-order valence-corrected chi connectivity index (χ4v) is 4.85. The van der Waals surface area contributed by atoms with Gasteiger partial charge in [0.2, 0.25) is 0 Å². The van der Waals surface area contributed by atoms with Crippen molar-refractivity contribution in [2.45, 2.75) is 30.4 Å². The first-order valence-corrected chi connectivity index (χ1v) is 10.1. The zero-order valence-corrected chi connectivity index (χ0v) is 15.5. The summed E-state index contributed by atoms with van der Waals surface area (Å²) in [6.07, 6.45) is 0.0674. The Balaban J connectivity index is 1.83. The van der Waals surface area contributed by atoms with E-state index in [0.717, 1.165) is 16.9 Å². The van der Waals surface area contributed by atoms with Crippen molar-refractivity contribution in [2.24, 2.45) is 0 Å². The lowest BCUT2D eigenvalue weighted by Gasteiger charge is -2.24. The minimum atomic E-state index is -3.62. The van der Waals surface area contributed by atoms with Gasteiger partial charge < -0.3 is 10.4 Å². The second kappa shape index (κ2) is 7.23. The third kappa shape index (κ3) is 3.61. The molecule has 0 bridgehead atoms. The number of sulfonamides is 1. The van der Waals surface area contributed by atoms with Crippen LogP contribution in [0.15, 0.2) is 53.4 Å². The zero-order chi connectivity index (χ0) is 18.0. The predicted octanol–water partition coefficient (Wildman–Crippen LogP) is 2.84. The molecule has 7 heteroatoms. The van der Waals surface area contributed by atoms with Gasteiger partial charge >= 0.3 is 0 Å². The van der Waals surface area contributed by atoms with Crippen molar-refractivity contribution in [2.75, 3.05) is 22.0 Å². The van der Waals surface area contributed by atoms with E-state index in [1.807, 2.05) is 31.2 Å². The zero-order valence-electron chi connectivity index (χ0n) is 13.9. The van der Waals surface area contributed by atoms with Crippen LogP contribution in [0.25, 0.3) is 0 Å². The van der Waals surface area contributed by atoms with E-state index in [1.165, 1.54) is 4.31 Å². The van der Waals surface area contributed by atoms with Crippen molar-refractivity contribution in [1.82, 2.24) is 0 Å². The smallest absolute Gasteiger partial charge is 0.264 e. The molecule has 2 atom stereocenters. The molecule has 0 aromatic heterocycles. The summed E-state index contributed by atoms with van der Waals surface area (Å²) in [5.41, 5.74) is 2.53. The normalized spacial score (nSPS) is 18.0. The Morgan fingerprint density at radius 1 is 1.24 bits per heavy atom. The molecule has 5 nitrogen and oxygen atoms in total. The van der Waals surface area contributed by atoms with E-state index in [9.17, 15) is 13.5 Å². The molecule has 1 aliphatic rings. The Morgan fingerprint density at radius 2 is 1.92 bits per heavy atom. The van der Waals surface area contributed by atoms with Gasteiger partial charge in [0.1, 0.15) is 0 Å². The van der Waals surface area contributed by atoms with Crippen LogP contribution in [0.1, 0.15) is 12.5 Å². The van der Waals surface area contributed by atoms with Crippen LogP contribution in [0, 0.1) is 0 Å². The van der Waals surface area contributed by atoms with Crippen LogP contribution >= 0.6 is 11.6 Å². The number of nitrogens with zero attached hydrogens (tertiary/aromatic N) is 1. The van der Waals surface area contributed by atoms with Gasteiger partial charge in [-0.15, -0.1) is 11.6 Å². The molecule has 1 heterocycles. The Morgan fingerprint density at radius 3 is 2.60 bits per heavy atom. The van der Waals surface area contributed by atoms with Gasteiger partial charge in [-0.2, -0.15) is 0 Å². The molecule has 1 aliphatic heterocycles. The Labute approximate surface area is 153 Å². The van der Waals surface area contributed by atoms with Crippen molar-refractivity contribution in [3.8, 4) is 0 Å². The SMILES string of the molecule is CC1Cc2ccccc2N1S(=O)(=O)c1ccc(NCC(O)CCl)cc1. The van der Waals surface area contributed by atoms with E-state index >= 15 is 0 Å². The van der Waals surface area contributed by atoms with E-state index in [0.29, 0.717) is 13.0 Å². The lowest BCUT2D eigenvalue weighted by molar-refractivity contribution is 0.211. The van der Waals surface area contributed by atoms with Gasteiger partial charge in [-0.1, -0.05) is 18.2 Å². The quantitative estimate of drug-likeness (QED) is 0.756. The summed E-state index contributed by atoms with van der Waals surface area (Å²) in [5, 5.41) is 12.5. The number of anilines is 2. The molecule has 0 fully saturated rings. The molecule has 134 valence electrons. The second-order valence-corrected chi connectivity index (χ2v) is 8.32. The third-order valence-corrected chi connectivity index (χ3v) is 6.57. The maximum absolute atomic E-state index is 13.1. The maximum Gasteiger partial charge on any atom is 0.264 e. The van der Waals surface area contributed by atoms with Crippen LogP contribution in [0.4, 0.5) is 11.4 Å². The highest BCUT2D eigenvalue weighted by Crippen LogP contribution is 2.36. The van der Waals surface area contributed by atoms with E-state index < -0.39 is 16.1 Å². The minimum Gasteiger partial charge on any atom is -0.390 e. The highest BCUT2D eigenvalue weighted by atomic mass is 35.5. The fraction of sp³-hybridized carbons (Fsp3) is 0.333. The largest absolute Gasteiger partial charge is 0.390 e. The maximum atomic E-state index is 13.1. The van der Waals surface area contributed by atoms with Crippen LogP contribution in [0.2, 0.25) is 0 Å². The summed E-state index contributed by atoms with van der Waals surface area (Å²) in [6, 6.07) is 14.0. The average Bonchev–Trinajstić information content (AvgIpc) is 2.96. The van der Waals surface area contributed by atoms with Crippen LogP contribution < -0.4 is 9.62 Å². The lowest BCUT2D eigenvalue weighted by atomic mass is 10.1. The molecule has 2 unspecified atom stereocenters. The van der Waals surface area contributed by atoms with E-state index in [1.54, 1.807) is 24.3 Å². The van der Waals surface area contributed by atoms with Crippen molar-refractivity contribution in [3.63, 3.8) is 0 Å².